The van der Waals surface area contributed by atoms with Crippen molar-refractivity contribution < 1.29 is 23.6 Å². The van der Waals surface area contributed by atoms with Crippen LogP contribution in [-0.2, 0) is 15.7 Å². The van der Waals surface area contributed by atoms with Gasteiger partial charge in [-0.25, -0.2) is 9.18 Å². The molecule has 1 N–H and O–H groups in total. The summed E-state index contributed by atoms with van der Waals surface area (Å²) >= 11 is 0. The standard InChI is InChI=1S/C22H33BFNO4/c1-20(2,3)25(19(26)27)17-11-9-8-10-15-14(17)12-13-16(18(15)24)23-28-21(4,5)22(6,7)29-23/h12-13,17H,8-11H2,1-7H3,(H,26,27). The smallest absolute Gasteiger partial charge is 0.465 e. The lowest BCUT2D eigenvalue weighted by molar-refractivity contribution is 0.00578. The predicted molar refractivity (Wildman–Crippen MR) is 112 cm³/mol. The molecule has 2 aliphatic rings. The zero-order valence-corrected chi connectivity index (χ0v) is 18.6. The van der Waals surface area contributed by atoms with Crippen LogP contribution in [0.1, 0.15) is 84.9 Å². The first kappa shape index (κ1) is 22.1. The molecule has 7 heteroatoms. The lowest BCUT2D eigenvalue weighted by Gasteiger charge is -2.40. The number of nitrogens with zero attached hydrogens (tertiary/aromatic N) is 1. The van der Waals surface area contributed by atoms with E-state index in [2.05, 4.69) is 0 Å². The summed E-state index contributed by atoms with van der Waals surface area (Å²) in [7, 11) is -0.773. The Labute approximate surface area is 173 Å². The van der Waals surface area contributed by atoms with Gasteiger partial charge in [0.15, 0.2) is 0 Å². The molecule has 0 radical (unpaired) electrons. The van der Waals surface area contributed by atoms with Crippen LogP contribution in [0.15, 0.2) is 12.1 Å². The van der Waals surface area contributed by atoms with Crippen LogP contribution in [-0.4, -0.2) is 40.0 Å². The van der Waals surface area contributed by atoms with E-state index in [-0.39, 0.29) is 11.9 Å². The van der Waals surface area contributed by atoms with Gasteiger partial charge in [0, 0.05) is 11.0 Å². The van der Waals surface area contributed by atoms with Gasteiger partial charge in [0.1, 0.15) is 5.82 Å². The molecule has 1 saturated heterocycles. The molecule has 5 nitrogen and oxygen atoms in total. The minimum atomic E-state index is -0.981. The van der Waals surface area contributed by atoms with Gasteiger partial charge in [-0.3, -0.25) is 4.90 Å². The van der Waals surface area contributed by atoms with E-state index in [0.717, 1.165) is 18.4 Å². The second-order valence-electron chi connectivity index (χ2n) is 10.2. The number of carbonyl (C=O) groups is 1. The maximum absolute atomic E-state index is 15.7. The Morgan fingerprint density at radius 3 is 2.28 bits per heavy atom. The summed E-state index contributed by atoms with van der Waals surface area (Å²) in [5, 5.41) is 9.88. The van der Waals surface area contributed by atoms with E-state index < -0.39 is 30.0 Å². The van der Waals surface area contributed by atoms with Crippen molar-refractivity contribution in [1.29, 1.82) is 0 Å². The molecule has 1 aliphatic carbocycles. The third kappa shape index (κ3) is 3.91. The van der Waals surface area contributed by atoms with Gasteiger partial charge in [-0.1, -0.05) is 18.6 Å². The highest BCUT2D eigenvalue weighted by Gasteiger charge is 2.52. The number of hydrogen-bond acceptors (Lipinski definition) is 3. The van der Waals surface area contributed by atoms with E-state index in [1.807, 2.05) is 54.5 Å². The van der Waals surface area contributed by atoms with Crippen molar-refractivity contribution in [3.8, 4) is 0 Å². The monoisotopic (exact) mass is 405 g/mol. The van der Waals surface area contributed by atoms with E-state index in [1.54, 1.807) is 6.07 Å². The number of carboxylic acid groups (broad SMARTS) is 1. The Morgan fingerprint density at radius 1 is 1.17 bits per heavy atom. The first-order valence-electron chi connectivity index (χ1n) is 10.5. The summed E-state index contributed by atoms with van der Waals surface area (Å²) < 4.78 is 27.8. The molecular weight excluding hydrogens is 372 g/mol. The number of benzene rings is 1. The first-order valence-corrected chi connectivity index (χ1v) is 10.5. The van der Waals surface area contributed by atoms with Crippen LogP contribution in [0.5, 0.6) is 0 Å². The summed E-state index contributed by atoms with van der Waals surface area (Å²) in [4.78, 5) is 13.5. The van der Waals surface area contributed by atoms with Gasteiger partial charge in [-0.05, 0) is 78.9 Å². The number of amides is 1. The largest absolute Gasteiger partial charge is 0.497 e. The molecule has 1 unspecified atom stereocenters. The normalized spacial score (nSPS) is 23.4. The molecule has 0 bridgehead atoms. The van der Waals surface area contributed by atoms with Crippen LogP contribution in [0.25, 0.3) is 0 Å². The fourth-order valence-electron chi connectivity index (χ4n) is 4.32. The Balaban J connectivity index is 2.05. The van der Waals surface area contributed by atoms with Crippen molar-refractivity contribution in [3.63, 3.8) is 0 Å². The zero-order valence-electron chi connectivity index (χ0n) is 18.6. The van der Waals surface area contributed by atoms with Crippen LogP contribution in [0.4, 0.5) is 9.18 Å². The Morgan fingerprint density at radius 2 is 1.76 bits per heavy atom. The SMILES string of the molecule is CC(C)(C)N(C(=O)O)C1CCCCc2c1ccc(B1OC(C)(C)C(C)(C)O1)c2F. The lowest BCUT2D eigenvalue weighted by atomic mass is 9.76. The van der Waals surface area contributed by atoms with Crippen LogP contribution >= 0.6 is 0 Å². The number of rotatable bonds is 2. The van der Waals surface area contributed by atoms with Gasteiger partial charge in [0.25, 0.3) is 0 Å². The van der Waals surface area contributed by atoms with Crippen molar-refractivity contribution in [2.24, 2.45) is 0 Å². The average Bonchev–Trinajstić information content (AvgIpc) is 2.70. The highest BCUT2D eigenvalue weighted by atomic mass is 19.1. The Hall–Kier alpha value is -1.60. The molecule has 160 valence electrons. The van der Waals surface area contributed by atoms with Crippen molar-refractivity contribution >= 4 is 18.7 Å². The van der Waals surface area contributed by atoms with Crippen molar-refractivity contribution in [3.05, 3.63) is 29.1 Å². The van der Waals surface area contributed by atoms with Gasteiger partial charge in [0.05, 0.1) is 17.2 Å². The Bertz CT molecular complexity index is 787. The quantitative estimate of drug-likeness (QED) is 0.574. The van der Waals surface area contributed by atoms with E-state index in [0.29, 0.717) is 23.9 Å². The fourth-order valence-corrected chi connectivity index (χ4v) is 4.32. The molecule has 1 aromatic carbocycles. The van der Waals surface area contributed by atoms with Gasteiger partial charge in [0.2, 0.25) is 0 Å². The van der Waals surface area contributed by atoms with Gasteiger partial charge >= 0.3 is 13.2 Å². The molecule has 0 aromatic heterocycles. The zero-order chi connectivity index (χ0) is 21.8. The molecule has 1 fully saturated rings. The highest BCUT2D eigenvalue weighted by molar-refractivity contribution is 6.62. The summed E-state index contributed by atoms with van der Waals surface area (Å²) in [6.45, 7) is 13.4. The van der Waals surface area contributed by atoms with E-state index >= 15 is 4.39 Å². The number of fused-ring (bicyclic) bond motifs is 1. The third-order valence-electron chi connectivity index (χ3n) is 6.57. The summed E-state index contributed by atoms with van der Waals surface area (Å²) in [6.07, 6.45) is 1.97. The lowest BCUT2D eigenvalue weighted by Crippen LogP contribution is -2.47. The molecule has 1 amide bonds. The van der Waals surface area contributed by atoms with E-state index in [4.69, 9.17) is 9.31 Å². The molecule has 1 aromatic rings. The minimum Gasteiger partial charge on any atom is -0.465 e. The van der Waals surface area contributed by atoms with Gasteiger partial charge < -0.3 is 14.4 Å². The third-order valence-corrected chi connectivity index (χ3v) is 6.57. The molecule has 0 saturated carbocycles. The van der Waals surface area contributed by atoms with Crippen LogP contribution in [0.2, 0.25) is 0 Å². The highest BCUT2D eigenvalue weighted by Crippen LogP contribution is 2.40. The topological polar surface area (TPSA) is 59.0 Å². The van der Waals surface area contributed by atoms with E-state index in [1.165, 1.54) is 4.90 Å². The van der Waals surface area contributed by atoms with Crippen LogP contribution < -0.4 is 5.46 Å². The molecular formula is C22H33BFNO4. The maximum atomic E-state index is 15.7. The molecule has 1 atom stereocenters. The van der Waals surface area contributed by atoms with Gasteiger partial charge in [-0.2, -0.15) is 0 Å². The summed E-state index contributed by atoms with van der Waals surface area (Å²) in [6, 6.07) is 3.21. The molecule has 3 rings (SSSR count). The molecule has 1 aliphatic heterocycles. The second kappa shape index (κ2) is 7.27. The predicted octanol–water partition coefficient (Wildman–Crippen LogP) is 4.67. The maximum Gasteiger partial charge on any atom is 0.497 e. The molecule has 29 heavy (non-hydrogen) atoms. The second-order valence-corrected chi connectivity index (χ2v) is 10.2. The summed E-state index contributed by atoms with van der Waals surface area (Å²) in [5.74, 6) is -0.327. The fraction of sp³-hybridized carbons (Fsp3) is 0.682. The first-order chi connectivity index (χ1) is 13.3. The summed E-state index contributed by atoms with van der Waals surface area (Å²) in [5.41, 5.74) is 0.0600. The minimum absolute atomic E-state index is 0.327. The van der Waals surface area contributed by atoms with Crippen molar-refractivity contribution in [2.75, 3.05) is 0 Å². The number of halogens is 1. The van der Waals surface area contributed by atoms with Gasteiger partial charge in [-0.15, -0.1) is 0 Å². The van der Waals surface area contributed by atoms with Crippen LogP contribution in [0.3, 0.4) is 0 Å². The molecule has 1 heterocycles. The van der Waals surface area contributed by atoms with Crippen molar-refractivity contribution in [2.45, 2.75) is 96.9 Å². The van der Waals surface area contributed by atoms with E-state index in [9.17, 15) is 9.90 Å². The Kier molecular flexibility index (Phi) is 5.54. The van der Waals surface area contributed by atoms with Crippen LogP contribution in [0, 0.1) is 5.82 Å². The van der Waals surface area contributed by atoms with Crippen molar-refractivity contribution in [1.82, 2.24) is 4.90 Å². The molecule has 0 spiro atoms. The number of hydrogen-bond donors (Lipinski definition) is 1. The average molecular weight is 405 g/mol.